The van der Waals surface area contributed by atoms with Crippen LogP contribution in [0.2, 0.25) is 0 Å². The molecule has 0 amide bonds. The Labute approximate surface area is 340 Å². The molecule has 0 unspecified atom stereocenters. The number of fused-ring (bicyclic) bond motifs is 13. The Balaban J connectivity index is 0.943. The van der Waals surface area contributed by atoms with Crippen molar-refractivity contribution in [2.24, 2.45) is 0 Å². The van der Waals surface area contributed by atoms with Gasteiger partial charge in [0.1, 0.15) is 22.3 Å². The van der Waals surface area contributed by atoms with Crippen LogP contribution in [0.5, 0.6) is 0 Å². The molecule has 13 rings (SSSR count). The van der Waals surface area contributed by atoms with Crippen molar-refractivity contribution in [2.45, 2.75) is 19.3 Å². The minimum absolute atomic E-state index is 0.165. The molecule has 2 nitrogen and oxygen atoms in total. The summed E-state index contributed by atoms with van der Waals surface area (Å²) in [4.78, 5) is 0. The topological polar surface area (TPSA) is 26.3 Å². The molecule has 1 aliphatic carbocycles. The first-order valence-corrected chi connectivity index (χ1v) is 20.5. The molecule has 0 N–H and O–H groups in total. The molecule has 2 heteroatoms. The van der Waals surface area contributed by atoms with Gasteiger partial charge in [-0.3, -0.25) is 0 Å². The molecule has 276 valence electrons. The van der Waals surface area contributed by atoms with E-state index in [4.69, 9.17) is 8.83 Å². The summed E-state index contributed by atoms with van der Waals surface area (Å²) in [5, 5.41) is 11.9. The van der Waals surface area contributed by atoms with Crippen LogP contribution in [0.4, 0.5) is 0 Å². The van der Waals surface area contributed by atoms with Crippen LogP contribution in [0.15, 0.2) is 191 Å². The first-order chi connectivity index (χ1) is 29.0. The van der Waals surface area contributed by atoms with E-state index >= 15 is 0 Å². The van der Waals surface area contributed by atoms with E-state index in [0.29, 0.717) is 0 Å². The molecule has 0 aliphatic heterocycles. The predicted molar refractivity (Wildman–Crippen MR) is 247 cm³/mol. The van der Waals surface area contributed by atoms with Gasteiger partial charge in [-0.1, -0.05) is 147 Å². The lowest BCUT2D eigenvalue weighted by Gasteiger charge is -2.23. The van der Waals surface area contributed by atoms with Crippen molar-refractivity contribution in [3.63, 3.8) is 0 Å². The van der Waals surface area contributed by atoms with E-state index in [1.54, 1.807) is 0 Å². The highest BCUT2D eigenvalue weighted by atomic mass is 16.3. The lowest BCUT2D eigenvalue weighted by molar-refractivity contribution is 0.660. The lowest BCUT2D eigenvalue weighted by atomic mass is 9.80. The summed E-state index contributed by atoms with van der Waals surface area (Å²) in [6.45, 7) is 4.75. The maximum atomic E-state index is 6.62. The summed E-state index contributed by atoms with van der Waals surface area (Å²) in [5.41, 5.74) is 16.1. The highest BCUT2D eigenvalue weighted by Gasteiger charge is 2.36. The third-order valence-electron chi connectivity index (χ3n) is 13.2. The highest BCUT2D eigenvalue weighted by Crippen LogP contribution is 2.52. The van der Waals surface area contributed by atoms with Gasteiger partial charge < -0.3 is 8.83 Å². The van der Waals surface area contributed by atoms with E-state index in [1.807, 2.05) is 12.1 Å². The van der Waals surface area contributed by atoms with Crippen LogP contribution in [0, 0.1) is 0 Å². The third-order valence-corrected chi connectivity index (χ3v) is 13.2. The fraction of sp³-hybridized carbons (Fsp3) is 0.0526. The average Bonchev–Trinajstić information content (AvgIpc) is 3.90. The Kier molecular flexibility index (Phi) is 6.54. The second-order valence-electron chi connectivity index (χ2n) is 16.8. The second-order valence-corrected chi connectivity index (χ2v) is 16.8. The van der Waals surface area contributed by atoms with Gasteiger partial charge in [0, 0.05) is 27.0 Å². The van der Waals surface area contributed by atoms with Gasteiger partial charge in [-0.15, -0.1) is 0 Å². The Morgan fingerprint density at radius 3 is 1.56 bits per heavy atom. The molecule has 59 heavy (non-hydrogen) atoms. The van der Waals surface area contributed by atoms with Gasteiger partial charge in [0.25, 0.3) is 0 Å². The second kappa shape index (κ2) is 11.8. The van der Waals surface area contributed by atoms with Crippen LogP contribution in [-0.2, 0) is 5.41 Å². The van der Waals surface area contributed by atoms with E-state index in [1.165, 1.54) is 82.4 Å². The Morgan fingerprint density at radius 2 is 0.864 bits per heavy atom. The standard InChI is InChI=1S/C57H36O2/c1-57(2)47-25-22-36(37-20-24-44-51(32-37)58-49-26-27-50-56(55(44)49)46-29-34-14-6-7-15-35(34)31-52(46)59-50)28-45(47)39-23-21-38(30-48(39)57)54-42-18-10-8-16-40(42)53(33-12-4-3-5-13-33)41-17-9-11-19-43(41)54/h3-32H,1-2H3. The van der Waals surface area contributed by atoms with E-state index in [-0.39, 0.29) is 5.41 Å². The largest absolute Gasteiger partial charge is 0.456 e. The van der Waals surface area contributed by atoms with Gasteiger partial charge in [-0.25, -0.2) is 0 Å². The van der Waals surface area contributed by atoms with Crippen molar-refractivity contribution >= 4 is 76.2 Å². The van der Waals surface area contributed by atoms with E-state index in [2.05, 4.69) is 184 Å². The molecule has 0 spiro atoms. The van der Waals surface area contributed by atoms with Crippen LogP contribution in [0.25, 0.3) is 121 Å². The summed E-state index contributed by atoms with van der Waals surface area (Å²) in [6, 6.07) is 66.5. The smallest absolute Gasteiger partial charge is 0.136 e. The fourth-order valence-electron chi connectivity index (χ4n) is 10.4. The summed E-state index contributed by atoms with van der Waals surface area (Å²) in [5.74, 6) is 0. The van der Waals surface area contributed by atoms with Crippen molar-refractivity contribution < 1.29 is 8.83 Å². The molecule has 0 fully saturated rings. The molecule has 0 atom stereocenters. The number of rotatable bonds is 3. The zero-order valence-corrected chi connectivity index (χ0v) is 32.6. The minimum Gasteiger partial charge on any atom is -0.456 e. The van der Waals surface area contributed by atoms with Crippen LogP contribution in [0.1, 0.15) is 25.0 Å². The summed E-state index contributed by atoms with van der Waals surface area (Å²) in [6.07, 6.45) is 0. The molecule has 0 saturated carbocycles. The normalized spacial score (nSPS) is 13.4. The van der Waals surface area contributed by atoms with Gasteiger partial charge >= 0.3 is 0 Å². The van der Waals surface area contributed by atoms with Crippen molar-refractivity contribution in [3.05, 3.63) is 193 Å². The zero-order chi connectivity index (χ0) is 39.0. The van der Waals surface area contributed by atoms with Crippen LogP contribution >= 0.6 is 0 Å². The van der Waals surface area contributed by atoms with Crippen molar-refractivity contribution in [1.29, 1.82) is 0 Å². The van der Waals surface area contributed by atoms with E-state index in [0.717, 1.165) is 49.4 Å². The quantitative estimate of drug-likeness (QED) is 0.168. The molecular formula is C57H36O2. The molecule has 2 aromatic heterocycles. The predicted octanol–water partition coefficient (Wildman–Crippen LogP) is 16.3. The average molecular weight is 753 g/mol. The molecule has 2 heterocycles. The van der Waals surface area contributed by atoms with Gasteiger partial charge in [0.2, 0.25) is 0 Å². The Morgan fingerprint density at radius 1 is 0.322 bits per heavy atom. The van der Waals surface area contributed by atoms with Crippen molar-refractivity contribution in [3.8, 4) is 44.5 Å². The first kappa shape index (κ1) is 32.6. The lowest BCUT2D eigenvalue weighted by Crippen LogP contribution is -2.15. The SMILES string of the molecule is CC1(C)c2ccc(-c3ccc4c(c3)oc3ccc5oc6cc7ccccc7cc6c5c34)cc2-c2ccc(-c3c4ccccc4c(-c4ccccc4)c4ccccc34)cc21. The summed E-state index contributed by atoms with van der Waals surface area (Å²) >= 11 is 0. The van der Waals surface area contributed by atoms with Crippen molar-refractivity contribution in [1.82, 2.24) is 0 Å². The molecule has 0 bridgehead atoms. The maximum Gasteiger partial charge on any atom is 0.136 e. The monoisotopic (exact) mass is 752 g/mol. The molecule has 0 radical (unpaired) electrons. The number of benzene rings is 10. The van der Waals surface area contributed by atoms with Crippen LogP contribution < -0.4 is 0 Å². The van der Waals surface area contributed by atoms with Gasteiger partial charge in [-0.2, -0.15) is 0 Å². The van der Waals surface area contributed by atoms with E-state index in [9.17, 15) is 0 Å². The minimum atomic E-state index is -0.165. The third kappa shape index (κ3) is 4.57. The van der Waals surface area contributed by atoms with Crippen LogP contribution in [0.3, 0.4) is 0 Å². The Bertz CT molecular complexity index is 3690. The summed E-state index contributed by atoms with van der Waals surface area (Å²) in [7, 11) is 0. The molecule has 12 aromatic rings. The van der Waals surface area contributed by atoms with Gasteiger partial charge in [-0.05, 0) is 136 Å². The highest BCUT2D eigenvalue weighted by molar-refractivity contribution is 6.27. The number of hydrogen-bond acceptors (Lipinski definition) is 2. The maximum absolute atomic E-state index is 6.62. The zero-order valence-electron chi connectivity index (χ0n) is 32.6. The number of hydrogen-bond donors (Lipinski definition) is 0. The molecule has 0 saturated heterocycles. The first-order valence-electron chi connectivity index (χ1n) is 20.5. The fourth-order valence-corrected chi connectivity index (χ4v) is 10.4. The van der Waals surface area contributed by atoms with Crippen molar-refractivity contribution in [2.75, 3.05) is 0 Å². The number of furan rings is 2. The van der Waals surface area contributed by atoms with Gasteiger partial charge in [0.15, 0.2) is 0 Å². The van der Waals surface area contributed by atoms with Gasteiger partial charge in [0.05, 0.1) is 0 Å². The summed E-state index contributed by atoms with van der Waals surface area (Å²) < 4.78 is 13.0. The molecule has 1 aliphatic rings. The Hall–Kier alpha value is -7.42. The molecule has 10 aromatic carbocycles. The van der Waals surface area contributed by atoms with Crippen LogP contribution in [-0.4, -0.2) is 0 Å². The molecular weight excluding hydrogens is 717 g/mol. The van der Waals surface area contributed by atoms with E-state index < -0.39 is 0 Å².